The van der Waals surface area contributed by atoms with Gasteiger partial charge in [-0.1, -0.05) is 48.5 Å². The number of para-hydroxylation sites is 2. The summed E-state index contributed by atoms with van der Waals surface area (Å²) in [6.45, 7) is 0. The van der Waals surface area contributed by atoms with Gasteiger partial charge in [-0.2, -0.15) is 0 Å². The molecule has 4 rings (SSSR count). The summed E-state index contributed by atoms with van der Waals surface area (Å²) in [4.78, 5) is 2.39. The molecule has 0 radical (unpaired) electrons. The molecule has 0 aliphatic carbocycles. The molecule has 2 nitrogen and oxygen atoms in total. The van der Waals surface area contributed by atoms with Crippen LogP contribution in [-0.4, -0.2) is 7.11 Å². The Morgan fingerprint density at radius 1 is 0.773 bits per heavy atom. The van der Waals surface area contributed by atoms with Gasteiger partial charge < -0.3 is 9.64 Å². The minimum absolute atomic E-state index is 0.268. The third kappa shape index (κ3) is 1.96. The largest absolute Gasteiger partial charge is 0.497 e. The van der Waals surface area contributed by atoms with Crippen molar-refractivity contribution in [3.05, 3.63) is 90.0 Å². The van der Waals surface area contributed by atoms with Crippen LogP contribution >= 0.6 is 0 Å². The van der Waals surface area contributed by atoms with E-state index < -0.39 is 0 Å². The van der Waals surface area contributed by atoms with Crippen molar-refractivity contribution in [3.8, 4) is 5.75 Å². The number of ether oxygens (including phenoxy) is 1. The van der Waals surface area contributed by atoms with Crippen molar-refractivity contribution in [1.82, 2.24) is 0 Å². The van der Waals surface area contributed by atoms with Crippen LogP contribution in [0, 0.1) is 0 Å². The molecular formula is C20H17NO. The summed E-state index contributed by atoms with van der Waals surface area (Å²) >= 11 is 0. The Morgan fingerprint density at radius 2 is 1.45 bits per heavy atom. The van der Waals surface area contributed by atoms with Gasteiger partial charge in [0.1, 0.15) is 5.75 Å². The minimum atomic E-state index is 0.268. The second-order valence-electron chi connectivity index (χ2n) is 5.44. The zero-order valence-electron chi connectivity index (χ0n) is 12.4. The summed E-state index contributed by atoms with van der Waals surface area (Å²) in [5.74, 6) is 0.891. The molecule has 0 spiro atoms. The number of rotatable bonds is 3. The Morgan fingerprint density at radius 3 is 2.18 bits per heavy atom. The SMILES string of the molecule is COc1ccc(C2c3ccccc3N2c2ccccc2)cc1. The lowest BCUT2D eigenvalue weighted by molar-refractivity contribution is 0.414. The van der Waals surface area contributed by atoms with Crippen LogP contribution in [-0.2, 0) is 0 Å². The van der Waals surface area contributed by atoms with Crippen molar-refractivity contribution in [2.24, 2.45) is 0 Å². The number of hydrogen-bond donors (Lipinski definition) is 0. The second-order valence-corrected chi connectivity index (χ2v) is 5.44. The maximum Gasteiger partial charge on any atom is 0.118 e. The summed E-state index contributed by atoms with van der Waals surface area (Å²) in [5, 5.41) is 0. The number of fused-ring (bicyclic) bond motifs is 1. The number of benzene rings is 3. The summed E-state index contributed by atoms with van der Waals surface area (Å²) in [5.41, 5.74) is 5.16. The van der Waals surface area contributed by atoms with Gasteiger partial charge in [0.2, 0.25) is 0 Å². The predicted octanol–water partition coefficient (Wildman–Crippen LogP) is 4.94. The first-order valence-electron chi connectivity index (χ1n) is 7.45. The molecule has 1 aliphatic rings. The fourth-order valence-corrected chi connectivity index (χ4v) is 3.14. The molecule has 108 valence electrons. The molecule has 3 aromatic carbocycles. The lowest BCUT2D eigenvalue weighted by Gasteiger charge is -2.45. The first-order valence-corrected chi connectivity index (χ1v) is 7.45. The first kappa shape index (κ1) is 13.0. The molecular weight excluding hydrogens is 270 g/mol. The van der Waals surface area contributed by atoms with Crippen LogP contribution in [0.2, 0.25) is 0 Å². The topological polar surface area (TPSA) is 12.5 Å². The van der Waals surface area contributed by atoms with Gasteiger partial charge in [0, 0.05) is 16.9 Å². The van der Waals surface area contributed by atoms with Gasteiger partial charge in [-0.15, -0.1) is 0 Å². The third-order valence-corrected chi connectivity index (χ3v) is 4.21. The van der Waals surface area contributed by atoms with Gasteiger partial charge in [0.15, 0.2) is 0 Å². The van der Waals surface area contributed by atoms with Crippen LogP contribution < -0.4 is 9.64 Å². The Balaban J connectivity index is 1.79. The van der Waals surface area contributed by atoms with Gasteiger partial charge in [0.25, 0.3) is 0 Å². The average Bonchev–Trinajstić information content (AvgIpc) is 2.58. The van der Waals surface area contributed by atoms with E-state index in [1.54, 1.807) is 7.11 Å². The van der Waals surface area contributed by atoms with Crippen LogP contribution in [0.15, 0.2) is 78.9 Å². The average molecular weight is 287 g/mol. The van der Waals surface area contributed by atoms with Gasteiger partial charge in [0.05, 0.1) is 13.2 Å². The van der Waals surface area contributed by atoms with Crippen molar-refractivity contribution in [2.45, 2.75) is 6.04 Å². The van der Waals surface area contributed by atoms with Crippen molar-refractivity contribution in [3.63, 3.8) is 0 Å². The van der Waals surface area contributed by atoms with E-state index in [1.165, 1.54) is 22.5 Å². The number of methoxy groups -OCH3 is 1. The summed E-state index contributed by atoms with van der Waals surface area (Å²) in [6, 6.07) is 27.8. The Bertz CT molecular complexity index is 780. The van der Waals surface area contributed by atoms with Crippen LogP contribution in [0.4, 0.5) is 11.4 Å². The molecule has 22 heavy (non-hydrogen) atoms. The van der Waals surface area contributed by atoms with E-state index in [1.807, 2.05) is 12.1 Å². The lowest BCUT2D eigenvalue weighted by Crippen LogP contribution is -2.34. The smallest absolute Gasteiger partial charge is 0.118 e. The van der Waals surface area contributed by atoms with Crippen molar-refractivity contribution in [2.75, 3.05) is 12.0 Å². The van der Waals surface area contributed by atoms with Crippen LogP contribution in [0.25, 0.3) is 0 Å². The van der Waals surface area contributed by atoms with Gasteiger partial charge in [-0.05, 0) is 35.9 Å². The second kappa shape index (κ2) is 5.23. The van der Waals surface area contributed by atoms with Crippen molar-refractivity contribution in [1.29, 1.82) is 0 Å². The van der Waals surface area contributed by atoms with Gasteiger partial charge in [-0.25, -0.2) is 0 Å². The van der Waals surface area contributed by atoms with Crippen molar-refractivity contribution < 1.29 is 4.74 Å². The van der Waals surface area contributed by atoms with Gasteiger partial charge >= 0.3 is 0 Å². The molecule has 1 atom stereocenters. The van der Waals surface area contributed by atoms with E-state index in [0.29, 0.717) is 0 Å². The Labute approximate surface area is 130 Å². The molecule has 1 aliphatic heterocycles. The number of hydrogen-bond acceptors (Lipinski definition) is 2. The normalized spacial score (nSPS) is 15.9. The van der Waals surface area contributed by atoms with E-state index in [2.05, 4.69) is 71.6 Å². The molecule has 0 N–H and O–H groups in total. The summed E-state index contributed by atoms with van der Waals surface area (Å²) in [6.07, 6.45) is 0. The zero-order chi connectivity index (χ0) is 14.9. The summed E-state index contributed by atoms with van der Waals surface area (Å²) < 4.78 is 5.27. The van der Waals surface area contributed by atoms with Crippen LogP contribution in [0.1, 0.15) is 17.2 Å². The molecule has 3 aromatic rings. The first-order chi connectivity index (χ1) is 10.9. The highest BCUT2D eigenvalue weighted by Crippen LogP contribution is 2.51. The molecule has 0 aromatic heterocycles. The number of anilines is 2. The van der Waals surface area contributed by atoms with Crippen LogP contribution in [0.3, 0.4) is 0 Å². The van der Waals surface area contributed by atoms with E-state index in [0.717, 1.165) is 5.75 Å². The molecule has 0 saturated carbocycles. The molecule has 0 saturated heterocycles. The quantitative estimate of drug-likeness (QED) is 0.676. The standard InChI is InChI=1S/C20H17NO/c1-22-17-13-11-15(12-14-17)20-18-9-5-6-10-19(18)21(20)16-7-3-2-4-8-16/h2-14,20H,1H3. The third-order valence-electron chi connectivity index (χ3n) is 4.21. The molecule has 2 heteroatoms. The highest BCUT2D eigenvalue weighted by atomic mass is 16.5. The fourth-order valence-electron chi connectivity index (χ4n) is 3.14. The highest BCUT2D eigenvalue weighted by molar-refractivity contribution is 5.78. The van der Waals surface area contributed by atoms with Crippen LogP contribution in [0.5, 0.6) is 5.75 Å². The lowest BCUT2D eigenvalue weighted by atomic mass is 9.87. The van der Waals surface area contributed by atoms with E-state index >= 15 is 0 Å². The molecule has 1 heterocycles. The monoisotopic (exact) mass is 287 g/mol. The van der Waals surface area contributed by atoms with Crippen molar-refractivity contribution >= 4 is 11.4 Å². The Hall–Kier alpha value is -2.74. The minimum Gasteiger partial charge on any atom is -0.497 e. The maximum atomic E-state index is 5.27. The van der Waals surface area contributed by atoms with E-state index in [4.69, 9.17) is 4.74 Å². The Kier molecular flexibility index (Phi) is 3.08. The molecule has 0 amide bonds. The van der Waals surface area contributed by atoms with E-state index in [-0.39, 0.29) is 6.04 Å². The summed E-state index contributed by atoms with van der Waals surface area (Å²) in [7, 11) is 1.70. The molecule has 0 bridgehead atoms. The molecule has 1 unspecified atom stereocenters. The zero-order valence-corrected chi connectivity index (χ0v) is 12.4. The highest BCUT2D eigenvalue weighted by Gasteiger charge is 2.36. The predicted molar refractivity (Wildman–Crippen MR) is 89.9 cm³/mol. The fraction of sp³-hybridized carbons (Fsp3) is 0.100. The van der Waals surface area contributed by atoms with E-state index in [9.17, 15) is 0 Å². The molecule has 0 fully saturated rings. The van der Waals surface area contributed by atoms with Gasteiger partial charge in [-0.3, -0.25) is 0 Å². The maximum absolute atomic E-state index is 5.27. The number of nitrogens with zero attached hydrogens (tertiary/aromatic N) is 1.